The fourth-order valence-electron chi connectivity index (χ4n) is 13.2. The minimum Gasteiger partial charge on any atom is -0.396 e. The number of carbonyl (C=O) groups is 1. The largest absolute Gasteiger partial charge is 0.396 e. The van der Waals surface area contributed by atoms with Crippen molar-refractivity contribution in [3.8, 4) is 11.5 Å². The highest BCUT2D eigenvalue weighted by Crippen LogP contribution is 2.77. The van der Waals surface area contributed by atoms with Crippen LogP contribution >= 0.6 is 0 Å². The van der Waals surface area contributed by atoms with Crippen LogP contribution in [0.5, 0.6) is 0 Å². The molecule has 5 aliphatic rings. The van der Waals surface area contributed by atoms with Crippen molar-refractivity contribution in [2.24, 2.45) is 56.7 Å². The molecule has 0 aliphatic heterocycles. The quantitative estimate of drug-likeness (QED) is 0.202. The number of tetrazole rings is 1. The van der Waals surface area contributed by atoms with E-state index >= 15 is 0 Å². The first kappa shape index (κ1) is 34.8. The number of hydrogen-bond acceptors (Lipinski definition) is 7. The van der Waals surface area contributed by atoms with Crippen molar-refractivity contribution in [3.05, 3.63) is 36.5 Å². The molecule has 9 heteroatoms. The Morgan fingerprint density at radius 1 is 0.980 bits per heavy atom. The number of nitrogens with one attached hydrogen (secondary N) is 1. The smallest absolute Gasteiger partial charge is 0.226 e. The topological polar surface area (TPSA) is 126 Å². The molecule has 3 N–H and O–H groups in total. The predicted octanol–water partition coefficient (Wildman–Crippen LogP) is 6.62. The van der Waals surface area contributed by atoms with E-state index in [1.807, 2.05) is 18.2 Å². The van der Waals surface area contributed by atoms with Gasteiger partial charge in [0, 0.05) is 18.2 Å². The van der Waals surface area contributed by atoms with Crippen molar-refractivity contribution in [1.29, 1.82) is 0 Å². The number of aryl methyl sites for hydroxylation is 1. The van der Waals surface area contributed by atoms with Gasteiger partial charge in [0.1, 0.15) is 5.69 Å². The number of carbonyl (C=O) groups excluding carboxylic acids is 1. The van der Waals surface area contributed by atoms with E-state index in [1.165, 1.54) is 12.0 Å². The molecular formula is C40H60N6O3. The molecule has 0 aromatic carbocycles. The molecule has 2 heterocycles. The SMILES string of the molecule is C=C(C)[C@@H]1CC[C@]2(C(=O)NCCCCn3nnc(-c4ccccn4)n3)CC[C@]3(C)C(CCC4[C@@]5(C)CC[C@H](O)[C@@](C)(CO)C5CC[C@]43C)C12. The molecule has 5 fully saturated rings. The van der Waals surface area contributed by atoms with Gasteiger partial charge in [-0.3, -0.25) is 9.78 Å². The van der Waals surface area contributed by atoms with E-state index in [2.05, 4.69) is 66.9 Å². The van der Waals surface area contributed by atoms with Crippen LogP contribution in [0, 0.1) is 56.7 Å². The van der Waals surface area contributed by atoms with Gasteiger partial charge in [0.25, 0.3) is 0 Å². The van der Waals surface area contributed by atoms with Crippen molar-refractivity contribution >= 4 is 5.91 Å². The molecule has 0 radical (unpaired) electrons. The summed E-state index contributed by atoms with van der Waals surface area (Å²) < 4.78 is 0. The summed E-state index contributed by atoms with van der Waals surface area (Å²) in [7, 11) is 0. The van der Waals surface area contributed by atoms with Crippen LogP contribution in [0.2, 0.25) is 0 Å². The second kappa shape index (κ2) is 12.5. The summed E-state index contributed by atoms with van der Waals surface area (Å²) in [5.41, 5.74) is 1.61. The van der Waals surface area contributed by atoms with Crippen LogP contribution < -0.4 is 5.32 Å². The Morgan fingerprint density at radius 3 is 2.53 bits per heavy atom. The maximum absolute atomic E-state index is 14.4. The predicted molar refractivity (Wildman–Crippen MR) is 190 cm³/mol. The van der Waals surface area contributed by atoms with Crippen molar-refractivity contribution in [2.75, 3.05) is 13.2 Å². The van der Waals surface area contributed by atoms with E-state index < -0.39 is 11.5 Å². The zero-order valence-corrected chi connectivity index (χ0v) is 30.6. The number of allylic oxidation sites excluding steroid dienone is 1. The van der Waals surface area contributed by atoms with Crippen LogP contribution in [0.1, 0.15) is 112 Å². The Morgan fingerprint density at radius 2 is 1.80 bits per heavy atom. The molecule has 7 rings (SSSR count). The first-order valence-electron chi connectivity index (χ1n) is 19.3. The zero-order chi connectivity index (χ0) is 34.8. The third-order valence-electron chi connectivity index (χ3n) is 16.1. The Bertz CT molecular complexity index is 1550. The molecule has 0 bridgehead atoms. The van der Waals surface area contributed by atoms with Crippen LogP contribution in [0.3, 0.4) is 0 Å². The van der Waals surface area contributed by atoms with Crippen LogP contribution in [0.15, 0.2) is 36.5 Å². The van der Waals surface area contributed by atoms with Crippen molar-refractivity contribution < 1.29 is 15.0 Å². The van der Waals surface area contributed by atoms with Gasteiger partial charge < -0.3 is 15.5 Å². The lowest BCUT2D eigenvalue weighted by atomic mass is 9.32. The highest BCUT2D eigenvalue weighted by molar-refractivity contribution is 5.83. The number of nitrogens with zero attached hydrogens (tertiary/aromatic N) is 5. The number of unbranched alkanes of at least 4 members (excludes halogenated alkanes) is 1. The number of aliphatic hydroxyl groups is 2. The minimum atomic E-state index is -0.434. The Hall–Kier alpha value is -2.65. The summed E-state index contributed by atoms with van der Waals surface area (Å²) in [5.74, 6) is 2.89. The summed E-state index contributed by atoms with van der Waals surface area (Å²) in [4.78, 5) is 20.4. The summed E-state index contributed by atoms with van der Waals surface area (Å²) in [5, 5.41) is 38.0. The fourth-order valence-corrected chi connectivity index (χ4v) is 13.2. The van der Waals surface area contributed by atoms with Gasteiger partial charge >= 0.3 is 0 Å². The van der Waals surface area contributed by atoms with Crippen LogP contribution in [0.4, 0.5) is 0 Å². The Labute approximate surface area is 293 Å². The molecule has 5 aliphatic carbocycles. The van der Waals surface area contributed by atoms with Crippen molar-refractivity contribution in [2.45, 2.75) is 124 Å². The number of aliphatic hydroxyl groups excluding tert-OH is 2. The van der Waals surface area contributed by atoms with Gasteiger partial charge in [0.2, 0.25) is 11.7 Å². The number of fused-ring (bicyclic) bond motifs is 7. The molecule has 2 aromatic rings. The van der Waals surface area contributed by atoms with Gasteiger partial charge in [-0.05, 0) is 147 Å². The van der Waals surface area contributed by atoms with E-state index in [-0.39, 0.29) is 34.2 Å². The molecule has 1 amide bonds. The van der Waals surface area contributed by atoms with E-state index in [9.17, 15) is 15.0 Å². The van der Waals surface area contributed by atoms with Gasteiger partial charge in [-0.15, -0.1) is 10.2 Å². The second-order valence-corrected chi connectivity index (χ2v) is 17.9. The van der Waals surface area contributed by atoms with Crippen LogP contribution in [0.25, 0.3) is 11.5 Å². The summed E-state index contributed by atoms with van der Waals surface area (Å²) in [6.07, 6.45) is 13.4. The normalized spacial score (nSPS) is 42.8. The minimum absolute atomic E-state index is 0.0575. The third-order valence-corrected chi connectivity index (χ3v) is 16.1. The zero-order valence-electron chi connectivity index (χ0n) is 30.6. The van der Waals surface area contributed by atoms with E-state index in [4.69, 9.17) is 0 Å². The summed E-state index contributed by atoms with van der Waals surface area (Å²) in [6, 6.07) is 5.67. The van der Waals surface area contributed by atoms with Gasteiger partial charge in [-0.1, -0.05) is 45.9 Å². The van der Waals surface area contributed by atoms with E-state index in [0.717, 1.165) is 70.6 Å². The lowest BCUT2D eigenvalue weighted by Gasteiger charge is -2.73. The number of rotatable bonds is 9. The lowest BCUT2D eigenvalue weighted by molar-refractivity contribution is -0.252. The lowest BCUT2D eigenvalue weighted by Crippen LogP contribution is -2.68. The van der Waals surface area contributed by atoms with Crippen LogP contribution in [-0.4, -0.2) is 60.6 Å². The molecule has 9 nitrogen and oxygen atoms in total. The first-order chi connectivity index (χ1) is 23.3. The molecule has 2 aromatic heterocycles. The van der Waals surface area contributed by atoms with Crippen LogP contribution in [-0.2, 0) is 11.3 Å². The molecule has 4 unspecified atom stereocenters. The monoisotopic (exact) mass is 672 g/mol. The van der Waals surface area contributed by atoms with Gasteiger partial charge in [0.15, 0.2) is 0 Å². The maximum atomic E-state index is 14.4. The summed E-state index contributed by atoms with van der Waals surface area (Å²) >= 11 is 0. The molecular weight excluding hydrogens is 612 g/mol. The van der Waals surface area contributed by atoms with E-state index in [1.54, 1.807) is 11.0 Å². The third kappa shape index (κ3) is 5.17. The van der Waals surface area contributed by atoms with Gasteiger partial charge in [-0.25, -0.2) is 0 Å². The van der Waals surface area contributed by atoms with Gasteiger partial charge in [-0.2, -0.15) is 4.80 Å². The summed E-state index contributed by atoms with van der Waals surface area (Å²) in [6.45, 7) is 17.9. The number of aromatic nitrogens is 5. The average Bonchev–Trinajstić information content (AvgIpc) is 3.73. The molecule has 0 saturated heterocycles. The molecule has 49 heavy (non-hydrogen) atoms. The Balaban J connectivity index is 1.05. The molecule has 0 spiro atoms. The standard InChI is InChI=1S/C40H60N6O3/c1-26(2)27-14-19-40(35(49)42-23-9-10-24-46-44-34(43-45-46)29-11-7-8-22-41-29)21-20-38(5)28(33(27)40)12-13-31-36(3)17-16-32(48)37(4,25-47)30(36)15-18-39(31,38)6/h7-8,11,22,27-28,30-33,47-48H,1,9-10,12-21,23-25H2,2-6H3,(H,42,49)/t27-,28?,30?,31?,32-,33?,36-,37-,38+,39+,40-/m0/s1. The maximum Gasteiger partial charge on any atom is 0.226 e. The van der Waals surface area contributed by atoms with Crippen molar-refractivity contribution in [3.63, 3.8) is 0 Å². The molecule has 5 saturated carbocycles. The second-order valence-electron chi connectivity index (χ2n) is 17.9. The fraction of sp³-hybridized carbons (Fsp3) is 0.775. The highest BCUT2D eigenvalue weighted by atomic mass is 16.3. The molecule has 11 atom stereocenters. The van der Waals surface area contributed by atoms with E-state index in [0.29, 0.717) is 54.2 Å². The number of hydrogen-bond donors (Lipinski definition) is 3. The Kier molecular flexibility index (Phi) is 8.90. The average molecular weight is 673 g/mol. The van der Waals surface area contributed by atoms with Crippen molar-refractivity contribution in [1.82, 2.24) is 30.5 Å². The number of pyridine rings is 1. The first-order valence-corrected chi connectivity index (χ1v) is 19.3. The highest BCUT2D eigenvalue weighted by Gasteiger charge is 2.72. The van der Waals surface area contributed by atoms with Gasteiger partial charge in [0.05, 0.1) is 24.7 Å². The number of amides is 1. The molecule has 268 valence electrons.